The lowest BCUT2D eigenvalue weighted by atomic mass is 10.1. The van der Waals surface area contributed by atoms with Gasteiger partial charge in [0.1, 0.15) is 0 Å². The van der Waals surface area contributed by atoms with Crippen molar-refractivity contribution < 1.29 is 0 Å². The average molecular weight is 138 g/mol. The summed E-state index contributed by atoms with van der Waals surface area (Å²) in [6.45, 7) is 15.3. The van der Waals surface area contributed by atoms with Crippen LogP contribution in [-0.4, -0.2) is 0 Å². The lowest BCUT2D eigenvalue weighted by Gasteiger charge is -1.92. The summed E-state index contributed by atoms with van der Waals surface area (Å²) in [5.74, 6) is 0. The average Bonchev–Trinajstić information content (AvgIpc) is 1.93. The van der Waals surface area contributed by atoms with Gasteiger partial charge in [0.25, 0.3) is 0 Å². The smallest absolute Gasteiger partial charge is 0.0395 e. The van der Waals surface area contributed by atoms with Gasteiger partial charge in [0.05, 0.1) is 0 Å². The van der Waals surface area contributed by atoms with E-state index in [1.54, 1.807) is 6.08 Å². The van der Waals surface area contributed by atoms with Crippen molar-refractivity contribution in [2.75, 3.05) is 0 Å². The predicted molar refractivity (Wildman–Crippen MR) is 50.1 cm³/mol. The zero-order valence-corrected chi connectivity index (χ0v) is 7.57. The van der Waals surface area contributed by atoms with Crippen LogP contribution in [0.5, 0.6) is 0 Å². The van der Waals surface area contributed by atoms with E-state index in [4.69, 9.17) is 0 Å². The summed E-state index contributed by atoms with van der Waals surface area (Å²) < 4.78 is 0. The van der Waals surface area contributed by atoms with E-state index in [2.05, 4.69) is 13.2 Å². The highest BCUT2D eigenvalue weighted by atomic mass is 13.9. The van der Waals surface area contributed by atoms with E-state index in [1.165, 1.54) is 5.57 Å². The predicted octanol–water partition coefficient (Wildman–Crippen LogP) is 3.72. The Morgan fingerprint density at radius 2 is 1.60 bits per heavy atom. The zero-order valence-electron chi connectivity index (χ0n) is 7.57. The Kier molecular flexibility index (Phi) is 9.82. The molecule has 0 heterocycles. The molecule has 0 aromatic carbocycles. The van der Waals surface area contributed by atoms with Gasteiger partial charge >= 0.3 is 0 Å². The maximum absolute atomic E-state index is 3.76. The van der Waals surface area contributed by atoms with Gasteiger partial charge in [0.15, 0.2) is 0 Å². The summed E-state index contributed by atoms with van der Waals surface area (Å²) in [6.07, 6.45) is 3.71. The van der Waals surface area contributed by atoms with Gasteiger partial charge in [-0.2, -0.15) is 0 Å². The molecule has 0 heteroatoms. The maximum Gasteiger partial charge on any atom is -0.0395 e. The van der Waals surface area contributed by atoms with Gasteiger partial charge in [-0.25, -0.2) is 0 Å². The van der Waals surface area contributed by atoms with Crippen molar-refractivity contribution >= 4 is 0 Å². The third-order valence-corrected chi connectivity index (χ3v) is 1.04. The van der Waals surface area contributed by atoms with Crippen LogP contribution in [0.1, 0.15) is 27.7 Å². The highest BCUT2D eigenvalue weighted by molar-refractivity contribution is 5.26. The molecular weight excluding hydrogens is 120 g/mol. The third kappa shape index (κ3) is 7.22. The minimum Gasteiger partial charge on any atom is -0.0991 e. The Balaban J connectivity index is 0. The number of rotatable bonds is 2. The van der Waals surface area contributed by atoms with Crippen LogP contribution in [0.25, 0.3) is 0 Å². The quantitative estimate of drug-likeness (QED) is 0.510. The van der Waals surface area contributed by atoms with Crippen LogP contribution in [0, 0.1) is 0 Å². The summed E-state index contributed by atoms with van der Waals surface area (Å²) in [4.78, 5) is 0. The second-order valence-corrected chi connectivity index (χ2v) is 1.87. The molecule has 0 aliphatic heterocycles. The molecule has 0 saturated carbocycles. The van der Waals surface area contributed by atoms with Gasteiger partial charge < -0.3 is 0 Å². The molecular formula is C10H18. The van der Waals surface area contributed by atoms with E-state index < -0.39 is 0 Å². The maximum atomic E-state index is 3.76. The number of hydrogen-bond acceptors (Lipinski definition) is 0. The molecule has 0 fully saturated rings. The van der Waals surface area contributed by atoms with Crippen LogP contribution in [0.4, 0.5) is 0 Å². The standard InChI is InChI=1S/C8H12.C2H6/c1-5-6-8(4)7(2)3;1-2/h5-6H,1-2H2,3-4H3;1-2H3/b8-6-;. The first-order chi connectivity index (χ1) is 4.68. The molecule has 0 amide bonds. The van der Waals surface area contributed by atoms with Crippen LogP contribution in [0.3, 0.4) is 0 Å². The van der Waals surface area contributed by atoms with Crippen LogP contribution in [0.2, 0.25) is 0 Å². The van der Waals surface area contributed by atoms with Gasteiger partial charge in [-0.15, -0.1) is 0 Å². The first-order valence-corrected chi connectivity index (χ1v) is 3.63. The van der Waals surface area contributed by atoms with Crippen molar-refractivity contribution in [1.82, 2.24) is 0 Å². The molecule has 0 aromatic heterocycles. The lowest BCUT2D eigenvalue weighted by molar-refractivity contribution is 1.37. The molecule has 0 rings (SSSR count). The minimum absolute atomic E-state index is 1.10. The summed E-state index contributed by atoms with van der Waals surface area (Å²) in [5.41, 5.74) is 2.30. The second kappa shape index (κ2) is 8.22. The van der Waals surface area contributed by atoms with Gasteiger partial charge in [0, 0.05) is 0 Å². The Hall–Kier alpha value is -0.780. The van der Waals surface area contributed by atoms with E-state index in [1.807, 2.05) is 33.8 Å². The molecule has 0 aliphatic carbocycles. The van der Waals surface area contributed by atoms with Crippen molar-refractivity contribution in [3.8, 4) is 0 Å². The minimum atomic E-state index is 1.10. The summed E-state index contributed by atoms with van der Waals surface area (Å²) >= 11 is 0. The van der Waals surface area contributed by atoms with E-state index in [0.717, 1.165) is 5.57 Å². The normalized spacial score (nSPS) is 9.40. The Bertz CT molecular complexity index is 127. The van der Waals surface area contributed by atoms with Crippen molar-refractivity contribution in [3.63, 3.8) is 0 Å². The summed E-state index contributed by atoms with van der Waals surface area (Å²) in [5, 5.41) is 0. The van der Waals surface area contributed by atoms with Crippen LogP contribution in [-0.2, 0) is 0 Å². The van der Waals surface area contributed by atoms with Gasteiger partial charge in [-0.05, 0) is 19.4 Å². The Morgan fingerprint density at radius 1 is 1.20 bits per heavy atom. The summed E-state index contributed by atoms with van der Waals surface area (Å²) in [7, 11) is 0. The SMILES string of the molecule is C=C/C=C(/C)C(=C)C.CC. The fourth-order valence-corrected chi connectivity index (χ4v) is 0.319. The van der Waals surface area contributed by atoms with Crippen LogP contribution in [0.15, 0.2) is 36.5 Å². The van der Waals surface area contributed by atoms with E-state index in [-0.39, 0.29) is 0 Å². The topological polar surface area (TPSA) is 0 Å². The number of hydrogen-bond donors (Lipinski definition) is 0. The van der Waals surface area contributed by atoms with Crippen molar-refractivity contribution in [3.05, 3.63) is 36.5 Å². The molecule has 0 radical (unpaired) electrons. The molecule has 0 atom stereocenters. The fraction of sp³-hybridized carbons (Fsp3) is 0.400. The van der Waals surface area contributed by atoms with E-state index >= 15 is 0 Å². The van der Waals surface area contributed by atoms with Crippen LogP contribution >= 0.6 is 0 Å². The van der Waals surface area contributed by atoms with Gasteiger partial charge in [-0.3, -0.25) is 0 Å². The highest BCUT2D eigenvalue weighted by Crippen LogP contribution is 2.03. The molecule has 0 nitrogen and oxygen atoms in total. The third-order valence-electron chi connectivity index (χ3n) is 1.04. The van der Waals surface area contributed by atoms with Crippen LogP contribution < -0.4 is 0 Å². The molecule has 0 N–H and O–H groups in total. The highest BCUT2D eigenvalue weighted by Gasteiger charge is 1.82. The first-order valence-electron chi connectivity index (χ1n) is 3.63. The molecule has 0 saturated heterocycles. The summed E-state index contributed by atoms with van der Waals surface area (Å²) in [6, 6.07) is 0. The van der Waals surface area contributed by atoms with Gasteiger partial charge in [-0.1, -0.05) is 44.7 Å². The van der Waals surface area contributed by atoms with Gasteiger partial charge in [0.2, 0.25) is 0 Å². The number of allylic oxidation sites excluding steroid dienone is 4. The van der Waals surface area contributed by atoms with E-state index in [9.17, 15) is 0 Å². The van der Waals surface area contributed by atoms with Crippen molar-refractivity contribution in [2.45, 2.75) is 27.7 Å². The molecule has 0 aromatic rings. The van der Waals surface area contributed by atoms with E-state index in [0.29, 0.717) is 0 Å². The molecule has 10 heavy (non-hydrogen) atoms. The zero-order chi connectivity index (χ0) is 8.57. The second-order valence-electron chi connectivity index (χ2n) is 1.87. The largest absolute Gasteiger partial charge is 0.0991 e. The first kappa shape index (κ1) is 12.0. The fourth-order valence-electron chi connectivity index (χ4n) is 0.319. The molecule has 0 spiro atoms. The molecule has 0 unspecified atom stereocenters. The lowest BCUT2D eigenvalue weighted by Crippen LogP contribution is -1.72. The Labute approximate surface area is 65.0 Å². The van der Waals surface area contributed by atoms with Crippen molar-refractivity contribution in [2.24, 2.45) is 0 Å². The Morgan fingerprint density at radius 3 is 1.70 bits per heavy atom. The molecule has 58 valence electrons. The monoisotopic (exact) mass is 138 g/mol. The molecule has 0 aliphatic rings. The molecule has 0 bridgehead atoms. The van der Waals surface area contributed by atoms with Crippen molar-refractivity contribution in [1.29, 1.82) is 0 Å².